The second kappa shape index (κ2) is 4.56. The van der Waals surface area contributed by atoms with Gasteiger partial charge in [0.1, 0.15) is 5.82 Å². The van der Waals surface area contributed by atoms with Crippen LogP contribution < -0.4 is 9.47 Å². The minimum atomic E-state index is 0.689. The zero-order chi connectivity index (χ0) is 13.4. The fraction of sp³-hybridized carbons (Fsp3) is 0.188. The molecule has 0 spiro atoms. The van der Waals surface area contributed by atoms with E-state index in [0.29, 0.717) is 13.2 Å². The van der Waals surface area contributed by atoms with E-state index in [4.69, 9.17) is 9.47 Å². The highest BCUT2D eigenvalue weighted by Crippen LogP contribution is 2.34. The summed E-state index contributed by atoms with van der Waals surface area (Å²) in [6, 6.07) is 14.0. The number of aromatic nitrogens is 2. The molecule has 0 unspecified atom stereocenters. The van der Waals surface area contributed by atoms with E-state index in [9.17, 15) is 0 Å². The van der Waals surface area contributed by atoms with Gasteiger partial charge in [-0.15, -0.1) is 0 Å². The van der Waals surface area contributed by atoms with E-state index in [1.165, 1.54) is 0 Å². The van der Waals surface area contributed by atoms with Gasteiger partial charge in [-0.3, -0.25) is 0 Å². The van der Waals surface area contributed by atoms with Crippen molar-refractivity contribution < 1.29 is 9.47 Å². The Morgan fingerprint density at radius 2 is 1.70 bits per heavy atom. The first kappa shape index (κ1) is 11.3. The molecule has 0 saturated carbocycles. The van der Waals surface area contributed by atoms with Crippen LogP contribution in [0.4, 0.5) is 0 Å². The molecular weight excluding hydrogens is 252 g/mol. The van der Waals surface area contributed by atoms with E-state index >= 15 is 0 Å². The molecule has 2 aromatic carbocycles. The molecule has 20 heavy (non-hydrogen) atoms. The first-order valence-electron chi connectivity index (χ1n) is 6.75. The van der Waals surface area contributed by atoms with E-state index in [1.807, 2.05) is 42.5 Å². The summed E-state index contributed by atoms with van der Waals surface area (Å²) >= 11 is 0. The van der Waals surface area contributed by atoms with Crippen LogP contribution >= 0.6 is 0 Å². The molecule has 0 fully saturated rings. The maximum atomic E-state index is 5.70. The van der Waals surface area contributed by atoms with Gasteiger partial charge in [0.05, 0.1) is 24.2 Å². The maximum absolute atomic E-state index is 5.70. The van der Waals surface area contributed by atoms with Gasteiger partial charge in [-0.25, -0.2) is 4.98 Å². The third-order valence-electron chi connectivity index (χ3n) is 3.40. The number of nitrogens with one attached hydrogen (secondary N) is 1. The van der Waals surface area contributed by atoms with Gasteiger partial charge in [-0.2, -0.15) is 0 Å². The Morgan fingerprint density at radius 3 is 2.50 bits per heavy atom. The average Bonchev–Trinajstić information content (AvgIpc) is 2.76. The number of nitrogens with zero attached hydrogens (tertiary/aromatic N) is 1. The number of rotatable bonds is 1. The highest BCUT2D eigenvalue weighted by molar-refractivity contribution is 5.83. The topological polar surface area (TPSA) is 47.1 Å². The van der Waals surface area contributed by atoms with Crippen molar-refractivity contribution in [1.29, 1.82) is 0 Å². The fourth-order valence-electron chi connectivity index (χ4n) is 2.40. The Balaban J connectivity index is 1.84. The average molecular weight is 266 g/mol. The highest BCUT2D eigenvalue weighted by atomic mass is 16.5. The third kappa shape index (κ3) is 1.90. The summed E-state index contributed by atoms with van der Waals surface area (Å²) < 4.78 is 11.4. The van der Waals surface area contributed by atoms with Crippen molar-refractivity contribution in [3.05, 3.63) is 42.5 Å². The number of H-pyrrole nitrogens is 1. The molecule has 1 N–H and O–H groups in total. The van der Waals surface area contributed by atoms with Crippen molar-refractivity contribution in [2.75, 3.05) is 13.2 Å². The van der Waals surface area contributed by atoms with Crippen LogP contribution in [0.5, 0.6) is 11.5 Å². The third-order valence-corrected chi connectivity index (χ3v) is 3.40. The van der Waals surface area contributed by atoms with Gasteiger partial charge in [0.2, 0.25) is 0 Å². The largest absolute Gasteiger partial charge is 0.489 e. The van der Waals surface area contributed by atoms with Crippen molar-refractivity contribution in [3.63, 3.8) is 0 Å². The Hall–Kier alpha value is -2.49. The van der Waals surface area contributed by atoms with Crippen molar-refractivity contribution in [1.82, 2.24) is 9.97 Å². The van der Waals surface area contributed by atoms with Crippen molar-refractivity contribution >= 4 is 11.0 Å². The Labute approximate surface area is 116 Å². The zero-order valence-electron chi connectivity index (χ0n) is 10.9. The fourth-order valence-corrected chi connectivity index (χ4v) is 2.40. The molecule has 4 rings (SSSR count). The summed E-state index contributed by atoms with van der Waals surface area (Å²) in [7, 11) is 0. The normalized spacial score (nSPS) is 14.2. The molecule has 1 aliphatic heterocycles. The molecule has 0 amide bonds. The lowest BCUT2D eigenvalue weighted by Gasteiger charge is -2.05. The summed E-state index contributed by atoms with van der Waals surface area (Å²) in [6.45, 7) is 1.38. The first-order valence-corrected chi connectivity index (χ1v) is 6.75. The van der Waals surface area contributed by atoms with Crippen molar-refractivity contribution in [2.24, 2.45) is 0 Å². The van der Waals surface area contributed by atoms with Crippen LogP contribution in [0.3, 0.4) is 0 Å². The molecular formula is C16H14N2O2. The van der Waals surface area contributed by atoms with E-state index in [2.05, 4.69) is 9.97 Å². The summed E-state index contributed by atoms with van der Waals surface area (Å²) in [5.74, 6) is 2.43. The van der Waals surface area contributed by atoms with Gasteiger partial charge in [0, 0.05) is 24.1 Å². The van der Waals surface area contributed by atoms with Crippen LogP contribution in [-0.2, 0) is 0 Å². The van der Waals surface area contributed by atoms with Crippen LogP contribution in [-0.4, -0.2) is 23.2 Å². The minimum Gasteiger partial charge on any atom is -0.489 e. The predicted octanol–water partition coefficient (Wildman–Crippen LogP) is 3.39. The predicted molar refractivity (Wildman–Crippen MR) is 77.1 cm³/mol. The van der Waals surface area contributed by atoms with Crippen LogP contribution in [0.1, 0.15) is 6.42 Å². The maximum Gasteiger partial charge on any atom is 0.163 e. The SMILES string of the molecule is c1ccc(-c2nc3cc4c(cc3[nH]2)OCCCO4)cc1. The van der Waals surface area contributed by atoms with Gasteiger partial charge in [0.25, 0.3) is 0 Å². The van der Waals surface area contributed by atoms with Gasteiger partial charge < -0.3 is 14.5 Å². The molecule has 0 aliphatic carbocycles. The van der Waals surface area contributed by atoms with Crippen molar-refractivity contribution in [2.45, 2.75) is 6.42 Å². The number of ether oxygens (including phenoxy) is 2. The smallest absolute Gasteiger partial charge is 0.163 e. The first-order chi connectivity index (χ1) is 9.90. The Bertz CT molecular complexity index is 707. The lowest BCUT2D eigenvalue weighted by Crippen LogP contribution is -1.97. The number of benzene rings is 2. The monoisotopic (exact) mass is 266 g/mol. The Morgan fingerprint density at radius 1 is 0.950 bits per heavy atom. The second-order valence-corrected chi connectivity index (χ2v) is 4.82. The van der Waals surface area contributed by atoms with Crippen LogP contribution in [0.25, 0.3) is 22.4 Å². The van der Waals surface area contributed by atoms with E-state index in [0.717, 1.165) is 40.3 Å². The lowest BCUT2D eigenvalue weighted by atomic mass is 10.2. The number of aromatic amines is 1. The molecule has 0 bridgehead atoms. The molecule has 0 saturated heterocycles. The Kier molecular flexibility index (Phi) is 2.59. The standard InChI is InChI=1S/C16H14N2O2/c1-2-5-11(6-3-1)16-17-12-9-14-15(10-13(12)18-16)20-8-4-7-19-14/h1-3,5-6,9-10H,4,7-8H2,(H,17,18). The van der Waals surface area contributed by atoms with Gasteiger partial charge >= 0.3 is 0 Å². The van der Waals surface area contributed by atoms with E-state index < -0.39 is 0 Å². The van der Waals surface area contributed by atoms with Gasteiger partial charge in [0.15, 0.2) is 11.5 Å². The molecule has 4 heteroatoms. The van der Waals surface area contributed by atoms with E-state index in [1.54, 1.807) is 0 Å². The van der Waals surface area contributed by atoms with Crippen LogP contribution in [0, 0.1) is 0 Å². The molecule has 1 aliphatic rings. The molecule has 100 valence electrons. The molecule has 2 heterocycles. The summed E-state index contributed by atoms with van der Waals surface area (Å²) in [5.41, 5.74) is 2.93. The molecule has 1 aromatic heterocycles. The van der Waals surface area contributed by atoms with Crippen LogP contribution in [0.15, 0.2) is 42.5 Å². The quantitative estimate of drug-likeness (QED) is 0.734. The number of fused-ring (bicyclic) bond motifs is 2. The summed E-state index contributed by atoms with van der Waals surface area (Å²) in [6.07, 6.45) is 0.908. The molecule has 4 nitrogen and oxygen atoms in total. The van der Waals surface area contributed by atoms with Gasteiger partial charge in [-0.1, -0.05) is 30.3 Å². The minimum absolute atomic E-state index is 0.689. The summed E-state index contributed by atoms with van der Waals surface area (Å²) in [5, 5.41) is 0. The zero-order valence-corrected chi connectivity index (χ0v) is 10.9. The van der Waals surface area contributed by atoms with Crippen LogP contribution in [0.2, 0.25) is 0 Å². The number of imidazole rings is 1. The number of hydrogen-bond acceptors (Lipinski definition) is 3. The molecule has 0 radical (unpaired) electrons. The molecule has 3 aromatic rings. The van der Waals surface area contributed by atoms with E-state index in [-0.39, 0.29) is 0 Å². The van der Waals surface area contributed by atoms with Gasteiger partial charge in [-0.05, 0) is 0 Å². The highest BCUT2D eigenvalue weighted by Gasteiger charge is 2.14. The molecule has 0 atom stereocenters. The summed E-state index contributed by atoms with van der Waals surface area (Å²) in [4.78, 5) is 7.97. The second-order valence-electron chi connectivity index (χ2n) is 4.82. The number of hydrogen-bond donors (Lipinski definition) is 1. The lowest BCUT2D eigenvalue weighted by molar-refractivity contribution is 0.297. The van der Waals surface area contributed by atoms with Crippen molar-refractivity contribution in [3.8, 4) is 22.9 Å².